The average Bonchev–Trinajstić information content (AvgIpc) is 3.35. The summed E-state index contributed by atoms with van der Waals surface area (Å²) in [5.74, 6) is 0.0583. The van der Waals surface area contributed by atoms with Crippen LogP contribution in [0.4, 0.5) is 0 Å². The lowest BCUT2D eigenvalue weighted by molar-refractivity contribution is 0.0789. The molecule has 3 heterocycles. The van der Waals surface area contributed by atoms with Crippen LogP contribution in [0.25, 0.3) is 5.69 Å². The van der Waals surface area contributed by atoms with Crippen LogP contribution in [-0.4, -0.2) is 49.3 Å². The maximum atomic E-state index is 12.8. The highest BCUT2D eigenvalue weighted by atomic mass is 16.2. The molecule has 7 heteroatoms. The Morgan fingerprint density at radius 1 is 1.20 bits per heavy atom. The van der Waals surface area contributed by atoms with Crippen molar-refractivity contribution in [2.75, 3.05) is 13.1 Å². The molecule has 2 aromatic heterocycles. The summed E-state index contributed by atoms with van der Waals surface area (Å²) in [6, 6.07) is 9.64. The zero-order valence-corrected chi connectivity index (χ0v) is 14.0. The first-order valence-electron chi connectivity index (χ1n) is 8.24. The molecule has 7 nitrogen and oxygen atoms in total. The van der Waals surface area contributed by atoms with Crippen LogP contribution in [0.2, 0.25) is 0 Å². The van der Waals surface area contributed by atoms with E-state index in [1.165, 1.54) is 0 Å². The highest BCUT2D eigenvalue weighted by Crippen LogP contribution is 2.27. The normalized spacial score (nSPS) is 20.2. The lowest BCUT2D eigenvalue weighted by atomic mass is 10.0. The molecule has 1 aromatic carbocycles. The summed E-state index contributed by atoms with van der Waals surface area (Å²) in [5.41, 5.74) is 8.84. The van der Waals surface area contributed by atoms with E-state index in [-0.39, 0.29) is 17.9 Å². The highest BCUT2D eigenvalue weighted by molar-refractivity contribution is 5.94. The number of rotatable bonds is 3. The average molecular weight is 336 g/mol. The predicted molar refractivity (Wildman–Crippen MR) is 93.4 cm³/mol. The van der Waals surface area contributed by atoms with Crippen LogP contribution in [0.15, 0.2) is 55.2 Å². The number of aromatic nitrogens is 4. The van der Waals surface area contributed by atoms with Crippen molar-refractivity contribution in [3.8, 4) is 5.69 Å². The van der Waals surface area contributed by atoms with Gasteiger partial charge in [-0.05, 0) is 12.1 Å². The second-order valence-corrected chi connectivity index (χ2v) is 6.42. The van der Waals surface area contributed by atoms with E-state index < -0.39 is 0 Å². The maximum Gasteiger partial charge on any atom is 0.257 e. The zero-order valence-electron chi connectivity index (χ0n) is 14.0. The Morgan fingerprint density at radius 3 is 2.72 bits per heavy atom. The Kier molecular flexibility index (Phi) is 3.85. The van der Waals surface area contributed by atoms with Crippen molar-refractivity contribution in [3.63, 3.8) is 0 Å². The molecule has 4 rings (SSSR count). The summed E-state index contributed by atoms with van der Waals surface area (Å²) in [6.07, 6.45) is 6.96. The Bertz CT molecular complexity index is 884. The third-order valence-electron chi connectivity index (χ3n) is 4.74. The first-order chi connectivity index (χ1) is 12.1. The number of nitrogens with zero attached hydrogens (tertiary/aromatic N) is 5. The van der Waals surface area contributed by atoms with Gasteiger partial charge in [-0.3, -0.25) is 4.79 Å². The topological polar surface area (TPSA) is 82.0 Å². The quantitative estimate of drug-likeness (QED) is 0.778. The van der Waals surface area contributed by atoms with E-state index in [0.717, 1.165) is 11.4 Å². The van der Waals surface area contributed by atoms with Gasteiger partial charge in [-0.15, -0.1) is 0 Å². The number of para-hydroxylation sites is 1. The van der Waals surface area contributed by atoms with Crippen molar-refractivity contribution in [2.45, 2.75) is 12.0 Å². The van der Waals surface area contributed by atoms with E-state index in [9.17, 15) is 4.79 Å². The van der Waals surface area contributed by atoms with E-state index in [1.807, 2.05) is 48.1 Å². The Labute approximate surface area is 145 Å². The molecule has 1 fully saturated rings. The molecule has 0 bridgehead atoms. The monoisotopic (exact) mass is 336 g/mol. The lowest BCUT2D eigenvalue weighted by Gasteiger charge is -2.15. The van der Waals surface area contributed by atoms with Gasteiger partial charge in [-0.1, -0.05) is 18.2 Å². The van der Waals surface area contributed by atoms with Crippen LogP contribution in [0.1, 0.15) is 22.0 Å². The fourth-order valence-corrected chi connectivity index (χ4v) is 3.37. The molecule has 1 aliphatic rings. The minimum atomic E-state index is -0.0940. The number of aryl methyl sites for hydroxylation is 1. The van der Waals surface area contributed by atoms with E-state index in [0.29, 0.717) is 18.7 Å². The molecule has 0 saturated carbocycles. The van der Waals surface area contributed by atoms with Gasteiger partial charge in [0.15, 0.2) is 0 Å². The second-order valence-electron chi connectivity index (χ2n) is 6.42. The Balaban J connectivity index is 1.52. The van der Waals surface area contributed by atoms with Gasteiger partial charge in [0.2, 0.25) is 0 Å². The number of amides is 1. The molecule has 2 atom stereocenters. The fraction of sp³-hybridized carbons (Fsp3) is 0.278. The van der Waals surface area contributed by atoms with Gasteiger partial charge in [0, 0.05) is 50.2 Å². The van der Waals surface area contributed by atoms with Crippen LogP contribution in [0, 0.1) is 0 Å². The molecule has 0 unspecified atom stereocenters. The zero-order chi connectivity index (χ0) is 17.4. The number of benzene rings is 1. The summed E-state index contributed by atoms with van der Waals surface area (Å²) >= 11 is 0. The van der Waals surface area contributed by atoms with Crippen LogP contribution in [-0.2, 0) is 7.05 Å². The number of hydrogen-bond acceptors (Lipinski definition) is 4. The third kappa shape index (κ3) is 2.83. The molecule has 1 aliphatic heterocycles. The molecule has 25 heavy (non-hydrogen) atoms. The molecule has 2 N–H and O–H groups in total. The number of hydrogen-bond donors (Lipinski definition) is 1. The van der Waals surface area contributed by atoms with Gasteiger partial charge < -0.3 is 15.2 Å². The van der Waals surface area contributed by atoms with Crippen LogP contribution in [0.3, 0.4) is 0 Å². The lowest BCUT2D eigenvalue weighted by Crippen LogP contribution is -2.32. The summed E-state index contributed by atoms with van der Waals surface area (Å²) < 4.78 is 3.67. The van der Waals surface area contributed by atoms with Crippen molar-refractivity contribution >= 4 is 5.91 Å². The highest BCUT2D eigenvalue weighted by Gasteiger charge is 2.36. The van der Waals surface area contributed by atoms with Gasteiger partial charge >= 0.3 is 0 Å². The first kappa shape index (κ1) is 15.6. The van der Waals surface area contributed by atoms with Crippen molar-refractivity contribution in [1.82, 2.24) is 24.2 Å². The minimum absolute atomic E-state index is 0.0395. The van der Waals surface area contributed by atoms with Gasteiger partial charge in [-0.2, -0.15) is 5.10 Å². The molecule has 128 valence electrons. The molecule has 0 radical (unpaired) electrons. The smallest absolute Gasteiger partial charge is 0.257 e. The molecule has 0 aliphatic carbocycles. The van der Waals surface area contributed by atoms with Gasteiger partial charge in [0.1, 0.15) is 0 Å². The number of carbonyl (C=O) groups excluding carboxylic acids is 1. The van der Waals surface area contributed by atoms with Gasteiger partial charge in [-0.25, -0.2) is 9.67 Å². The van der Waals surface area contributed by atoms with Crippen molar-refractivity contribution < 1.29 is 4.79 Å². The molecular formula is C18H20N6O. The largest absolute Gasteiger partial charge is 0.337 e. The van der Waals surface area contributed by atoms with E-state index in [2.05, 4.69) is 10.1 Å². The van der Waals surface area contributed by atoms with E-state index >= 15 is 0 Å². The molecule has 0 spiro atoms. The van der Waals surface area contributed by atoms with Crippen molar-refractivity contribution in [1.29, 1.82) is 0 Å². The Morgan fingerprint density at radius 2 is 2.00 bits per heavy atom. The maximum absolute atomic E-state index is 12.8. The minimum Gasteiger partial charge on any atom is -0.337 e. The Hall–Kier alpha value is -2.93. The van der Waals surface area contributed by atoms with E-state index in [4.69, 9.17) is 5.73 Å². The number of imidazole rings is 1. The second kappa shape index (κ2) is 6.18. The summed E-state index contributed by atoms with van der Waals surface area (Å²) in [6.45, 7) is 1.13. The summed E-state index contributed by atoms with van der Waals surface area (Å²) in [5, 5.41) is 4.30. The number of nitrogens with two attached hydrogens (primary N) is 1. The van der Waals surface area contributed by atoms with Crippen molar-refractivity contribution in [3.05, 3.63) is 66.5 Å². The standard InChI is InChI=1S/C18H20N6O/c1-22-12-20-8-17(22)15-10-23(11-16(15)19)18(25)13-7-21-24(9-13)14-5-3-2-4-6-14/h2-9,12,15-16H,10-11,19H2,1H3/t15-,16-/m1/s1. The van der Waals surface area contributed by atoms with Crippen LogP contribution >= 0.6 is 0 Å². The van der Waals surface area contributed by atoms with E-state index in [1.54, 1.807) is 28.3 Å². The molecule has 1 saturated heterocycles. The van der Waals surface area contributed by atoms with Gasteiger partial charge in [0.25, 0.3) is 5.91 Å². The number of carbonyl (C=O) groups is 1. The third-order valence-corrected chi connectivity index (χ3v) is 4.74. The molecular weight excluding hydrogens is 316 g/mol. The van der Waals surface area contributed by atoms with Crippen LogP contribution < -0.4 is 5.73 Å². The summed E-state index contributed by atoms with van der Waals surface area (Å²) in [7, 11) is 1.95. The molecule has 3 aromatic rings. The summed E-state index contributed by atoms with van der Waals surface area (Å²) in [4.78, 5) is 18.8. The van der Waals surface area contributed by atoms with Crippen LogP contribution in [0.5, 0.6) is 0 Å². The van der Waals surface area contributed by atoms with Gasteiger partial charge in [0.05, 0.1) is 23.8 Å². The SMILES string of the molecule is Cn1cncc1[C@@H]1CN(C(=O)c2cnn(-c3ccccc3)c2)C[C@H]1N. The number of likely N-dealkylation sites (tertiary alicyclic amines) is 1. The van der Waals surface area contributed by atoms with Crippen molar-refractivity contribution in [2.24, 2.45) is 12.8 Å². The predicted octanol–water partition coefficient (Wildman–Crippen LogP) is 1.17. The molecule has 1 amide bonds. The first-order valence-corrected chi connectivity index (χ1v) is 8.24. The fourth-order valence-electron chi connectivity index (χ4n) is 3.37.